The van der Waals surface area contributed by atoms with Gasteiger partial charge < -0.3 is 9.67 Å². The van der Waals surface area contributed by atoms with E-state index < -0.39 is 11.6 Å². The zero-order valence-electron chi connectivity index (χ0n) is 13.4. The first kappa shape index (κ1) is 15.0. The molecule has 4 aromatic rings. The predicted octanol–water partition coefficient (Wildman–Crippen LogP) is 4.45. The smallest absolute Gasteiger partial charge is 0.166 e. The van der Waals surface area contributed by atoms with Crippen molar-refractivity contribution in [2.45, 2.75) is 6.92 Å². The molecule has 0 spiro atoms. The standard InChI is InChI=1S/C20H14FN3O/c1-13-5-4-10-23(13)20-16(12-22)15-6-2-3-7-18(15)24(20)14-8-9-19(25)17(21)11-14/h2-11,25H,1H3. The first-order valence-electron chi connectivity index (χ1n) is 7.78. The van der Waals surface area contributed by atoms with Crippen molar-refractivity contribution in [2.24, 2.45) is 0 Å². The van der Waals surface area contributed by atoms with Crippen LogP contribution < -0.4 is 0 Å². The quantitative estimate of drug-likeness (QED) is 0.590. The van der Waals surface area contributed by atoms with Crippen molar-refractivity contribution in [2.75, 3.05) is 0 Å². The first-order valence-corrected chi connectivity index (χ1v) is 7.78. The fraction of sp³-hybridized carbons (Fsp3) is 0.0500. The highest BCUT2D eigenvalue weighted by Gasteiger charge is 2.20. The van der Waals surface area contributed by atoms with Crippen LogP contribution in [0.25, 0.3) is 22.4 Å². The van der Waals surface area contributed by atoms with Crippen molar-refractivity contribution in [1.29, 1.82) is 5.26 Å². The van der Waals surface area contributed by atoms with Crippen molar-refractivity contribution < 1.29 is 9.50 Å². The molecular weight excluding hydrogens is 317 g/mol. The summed E-state index contributed by atoms with van der Waals surface area (Å²) in [5.74, 6) is -0.459. The van der Waals surface area contributed by atoms with E-state index in [1.54, 1.807) is 6.07 Å². The summed E-state index contributed by atoms with van der Waals surface area (Å²) >= 11 is 0. The molecule has 0 fully saturated rings. The number of aromatic hydroxyl groups is 1. The number of halogens is 1. The van der Waals surface area contributed by atoms with Gasteiger partial charge in [0.15, 0.2) is 11.6 Å². The van der Waals surface area contributed by atoms with Gasteiger partial charge in [0, 0.05) is 23.3 Å². The van der Waals surface area contributed by atoms with Crippen LogP contribution in [0.1, 0.15) is 11.3 Å². The van der Waals surface area contributed by atoms with Crippen LogP contribution in [-0.4, -0.2) is 14.2 Å². The van der Waals surface area contributed by atoms with Gasteiger partial charge in [0.2, 0.25) is 0 Å². The van der Waals surface area contributed by atoms with Gasteiger partial charge in [0.25, 0.3) is 0 Å². The molecule has 2 aromatic carbocycles. The lowest BCUT2D eigenvalue weighted by Gasteiger charge is -2.14. The Labute approximate surface area is 143 Å². The summed E-state index contributed by atoms with van der Waals surface area (Å²) in [5, 5.41) is 20.1. The molecule has 0 radical (unpaired) electrons. The summed E-state index contributed by atoms with van der Waals surface area (Å²) in [6.07, 6.45) is 1.87. The Balaban J connectivity index is 2.17. The Bertz CT molecular complexity index is 1150. The van der Waals surface area contributed by atoms with Crippen molar-refractivity contribution in [3.05, 3.63) is 77.9 Å². The molecule has 0 saturated heterocycles. The van der Waals surface area contributed by atoms with E-state index >= 15 is 0 Å². The molecule has 0 amide bonds. The molecule has 0 bridgehead atoms. The maximum absolute atomic E-state index is 14.0. The Morgan fingerprint density at radius 3 is 2.56 bits per heavy atom. The van der Waals surface area contributed by atoms with Crippen LogP contribution in [0.2, 0.25) is 0 Å². The van der Waals surface area contributed by atoms with Crippen molar-refractivity contribution in [1.82, 2.24) is 9.13 Å². The van der Waals surface area contributed by atoms with Gasteiger partial charge in [-0.1, -0.05) is 18.2 Å². The van der Waals surface area contributed by atoms with E-state index in [0.29, 0.717) is 17.1 Å². The Hall–Kier alpha value is -3.52. The molecular formula is C20H14FN3O. The molecule has 4 nitrogen and oxygen atoms in total. The average Bonchev–Trinajstić information content (AvgIpc) is 3.17. The summed E-state index contributed by atoms with van der Waals surface area (Å²) in [4.78, 5) is 0. The monoisotopic (exact) mass is 331 g/mol. The minimum atomic E-state index is -0.705. The fourth-order valence-electron chi connectivity index (χ4n) is 3.16. The van der Waals surface area contributed by atoms with Gasteiger partial charge in [-0.05, 0) is 37.3 Å². The van der Waals surface area contributed by atoms with Crippen LogP contribution in [0.3, 0.4) is 0 Å². The zero-order valence-corrected chi connectivity index (χ0v) is 13.4. The summed E-state index contributed by atoms with van der Waals surface area (Å²) in [5.41, 5.74) is 2.81. The third kappa shape index (κ3) is 2.19. The van der Waals surface area contributed by atoms with Crippen LogP contribution >= 0.6 is 0 Å². The summed E-state index contributed by atoms with van der Waals surface area (Å²) in [6.45, 7) is 1.95. The third-order valence-electron chi connectivity index (χ3n) is 4.33. The lowest BCUT2D eigenvalue weighted by atomic mass is 10.2. The number of nitrogens with zero attached hydrogens (tertiary/aromatic N) is 3. The number of aryl methyl sites for hydroxylation is 1. The van der Waals surface area contributed by atoms with E-state index in [0.717, 1.165) is 16.6 Å². The molecule has 0 aliphatic heterocycles. The number of nitriles is 1. The molecule has 0 aliphatic carbocycles. The van der Waals surface area contributed by atoms with E-state index in [1.165, 1.54) is 12.1 Å². The number of fused-ring (bicyclic) bond motifs is 1. The number of benzene rings is 2. The van der Waals surface area contributed by atoms with Gasteiger partial charge in [-0.15, -0.1) is 0 Å². The van der Waals surface area contributed by atoms with Crippen molar-refractivity contribution >= 4 is 10.9 Å². The molecule has 1 N–H and O–H groups in total. The van der Waals surface area contributed by atoms with E-state index in [-0.39, 0.29) is 0 Å². The van der Waals surface area contributed by atoms with Gasteiger partial charge in [0.05, 0.1) is 11.2 Å². The molecule has 2 aromatic heterocycles. The number of rotatable bonds is 2. The van der Waals surface area contributed by atoms with E-state index in [4.69, 9.17) is 0 Å². The fourth-order valence-corrected chi connectivity index (χ4v) is 3.16. The second-order valence-electron chi connectivity index (χ2n) is 5.82. The van der Waals surface area contributed by atoms with Crippen LogP contribution in [-0.2, 0) is 0 Å². The SMILES string of the molecule is Cc1cccn1-c1c(C#N)c2ccccc2n1-c1ccc(O)c(F)c1. The van der Waals surface area contributed by atoms with Crippen molar-refractivity contribution in [3.63, 3.8) is 0 Å². The van der Waals surface area contributed by atoms with Crippen LogP contribution in [0.15, 0.2) is 60.8 Å². The minimum Gasteiger partial charge on any atom is -0.505 e. The first-order chi connectivity index (χ1) is 12.1. The predicted molar refractivity (Wildman–Crippen MR) is 93.7 cm³/mol. The molecule has 25 heavy (non-hydrogen) atoms. The Morgan fingerprint density at radius 1 is 1.08 bits per heavy atom. The van der Waals surface area contributed by atoms with Gasteiger partial charge >= 0.3 is 0 Å². The summed E-state index contributed by atoms with van der Waals surface area (Å²) < 4.78 is 17.7. The van der Waals surface area contributed by atoms with Crippen LogP contribution in [0, 0.1) is 24.1 Å². The summed E-state index contributed by atoms with van der Waals surface area (Å²) in [7, 11) is 0. The second-order valence-corrected chi connectivity index (χ2v) is 5.82. The molecule has 2 heterocycles. The highest BCUT2D eigenvalue weighted by Crippen LogP contribution is 2.33. The number of hydrogen-bond donors (Lipinski definition) is 1. The number of hydrogen-bond acceptors (Lipinski definition) is 2. The number of phenolic OH excluding ortho intramolecular Hbond substituents is 1. The Morgan fingerprint density at radius 2 is 1.88 bits per heavy atom. The van der Waals surface area contributed by atoms with E-state index in [1.807, 2.05) is 58.7 Å². The average molecular weight is 331 g/mol. The molecule has 122 valence electrons. The zero-order chi connectivity index (χ0) is 17.6. The number of phenols is 1. The van der Waals surface area contributed by atoms with Crippen molar-refractivity contribution in [3.8, 4) is 23.3 Å². The Kier molecular flexibility index (Phi) is 3.33. The van der Waals surface area contributed by atoms with Gasteiger partial charge in [-0.3, -0.25) is 4.57 Å². The molecule has 0 unspecified atom stereocenters. The molecule has 0 atom stereocenters. The molecule has 5 heteroatoms. The number of para-hydroxylation sites is 1. The highest BCUT2D eigenvalue weighted by atomic mass is 19.1. The highest BCUT2D eigenvalue weighted by molar-refractivity contribution is 5.92. The van der Waals surface area contributed by atoms with E-state index in [9.17, 15) is 14.8 Å². The minimum absolute atomic E-state index is 0.403. The van der Waals surface area contributed by atoms with Crippen LogP contribution in [0.5, 0.6) is 5.75 Å². The second kappa shape index (κ2) is 5.53. The normalized spacial score (nSPS) is 10.9. The van der Waals surface area contributed by atoms with Gasteiger partial charge in [-0.25, -0.2) is 4.39 Å². The van der Waals surface area contributed by atoms with Crippen LogP contribution in [0.4, 0.5) is 4.39 Å². The number of aromatic nitrogens is 2. The maximum Gasteiger partial charge on any atom is 0.166 e. The topological polar surface area (TPSA) is 53.9 Å². The largest absolute Gasteiger partial charge is 0.505 e. The summed E-state index contributed by atoms with van der Waals surface area (Å²) in [6, 6.07) is 17.9. The molecule has 4 rings (SSSR count). The van der Waals surface area contributed by atoms with E-state index in [2.05, 4.69) is 6.07 Å². The van der Waals surface area contributed by atoms with Gasteiger partial charge in [0.1, 0.15) is 17.5 Å². The maximum atomic E-state index is 14.0. The lowest BCUT2D eigenvalue weighted by Crippen LogP contribution is -2.06. The lowest BCUT2D eigenvalue weighted by molar-refractivity contribution is 0.432. The van der Waals surface area contributed by atoms with Gasteiger partial charge in [-0.2, -0.15) is 5.26 Å². The molecule has 0 saturated carbocycles. The molecule has 0 aliphatic rings. The third-order valence-corrected chi connectivity index (χ3v) is 4.33.